The number of nitro groups is 1. The number of aryl methyl sites for hydroxylation is 2. The van der Waals surface area contributed by atoms with Gasteiger partial charge in [-0.1, -0.05) is 18.2 Å². The minimum atomic E-state index is -0.455. The predicted octanol–water partition coefficient (Wildman–Crippen LogP) is 4.13. The number of hydrogen-bond acceptors (Lipinski definition) is 5. The molecule has 1 amide bonds. The van der Waals surface area contributed by atoms with Crippen LogP contribution in [0.4, 0.5) is 11.5 Å². The van der Waals surface area contributed by atoms with Crippen molar-refractivity contribution < 1.29 is 9.72 Å². The molecule has 8 heteroatoms. The fourth-order valence-corrected chi connectivity index (χ4v) is 3.37. The highest BCUT2D eigenvalue weighted by Crippen LogP contribution is 2.23. The number of nitrogens with zero attached hydrogens (tertiary/aromatic N) is 3. The zero-order valence-electron chi connectivity index (χ0n) is 14.9. The minimum absolute atomic E-state index is 0.00263. The van der Waals surface area contributed by atoms with E-state index >= 15 is 0 Å². The molecular weight excluding hydrogens is 364 g/mol. The van der Waals surface area contributed by atoms with Crippen molar-refractivity contribution in [1.29, 1.82) is 0 Å². The maximum absolute atomic E-state index is 12.4. The molecular formula is C19H18N4O3S. The highest BCUT2D eigenvalue weighted by Gasteiger charge is 2.13. The average Bonchev–Trinajstić information content (AvgIpc) is 3.01. The van der Waals surface area contributed by atoms with Crippen molar-refractivity contribution in [3.8, 4) is 5.69 Å². The summed E-state index contributed by atoms with van der Waals surface area (Å²) in [6, 6.07) is 15.7. The van der Waals surface area contributed by atoms with E-state index in [0.29, 0.717) is 11.5 Å². The molecule has 3 aromatic rings. The second-order valence-electron chi connectivity index (χ2n) is 5.96. The molecule has 2 aromatic carbocycles. The first-order chi connectivity index (χ1) is 12.9. The van der Waals surface area contributed by atoms with Crippen molar-refractivity contribution in [2.24, 2.45) is 0 Å². The van der Waals surface area contributed by atoms with Crippen LogP contribution in [0.3, 0.4) is 0 Å². The summed E-state index contributed by atoms with van der Waals surface area (Å²) in [5.41, 5.74) is 2.50. The van der Waals surface area contributed by atoms with Crippen LogP contribution in [-0.4, -0.2) is 26.4 Å². The number of benzene rings is 2. The third-order valence-corrected chi connectivity index (χ3v) is 5.03. The van der Waals surface area contributed by atoms with Crippen molar-refractivity contribution in [3.63, 3.8) is 0 Å². The number of carbonyl (C=O) groups is 1. The predicted molar refractivity (Wildman–Crippen MR) is 105 cm³/mol. The highest BCUT2D eigenvalue weighted by molar-refractivity contribution is 8.00. The van der Waals surface area contributed by atoms with Crippen LogP contribution < -0.4 is 5.32 Å². The Morgan fingerprint density at radius 1 is 1.19 bits per heavy atom. The molecule has 0 fully saturated rings. The standard InChI is InChI=1S/C19H18N4O3S/c1-13-5-3-4-6-17(13)27-12-19(24)20-18-11-14(2)21-22(18)15-7-9-16(10-8-15)23(25)26/h3-11H,12H2,1-2H3,(H,20,24). The number of non-ortho nitro benzene ring substituents is 1. The molecule has 0 saturated carbocycles. The van der Waals surface area contributed by atoms with Crippen molar-refractivity contribution in [2.75, 3.05) is 11.1 Å². The monoisotopic (exact) mass is 382 g/mol. The van der Waals surface area contributed by atoms with Gasteiger partial charge in [0, 0.05) is 23.1 Å². The van der Waals surface area contributed by atoms with Crippen LogP contribution in [0.1, 0.15) is 11.3 Å². The lowest BCUT2D eigenvalue weighted by molar-refractivity contribution is -0.384. The van der Waals surface area contributed by atoms with E-state index < -0.39 is 4.92 Å². The maximum atomic E-state index is 12.4. The van der Waals surface area contributed by atoms with Gasteiger partial charge in [0.15, 0.2) is 0 Å². The first kappa shape index (κ1) is 18.7. The van der Waals surface area contributed by atoms with Crippen LogP contribution in [0.25, 0.3) is 5.69 Å². The third-order valence-electron chi connectivity index (χ3n) is 3.86. The zero-order valence-corrected chi connectivity index (χ0v) is 15.7. The van der Waals surface area contributed by atoms with Gasteiger partial charge in [-0.25, -0.2) is 4.68 Å². The summed E-state index contributed by atoms with van der Waals surface area (Å²) in [7, 11) is 0. The molecule has 1 aromatic heterocycles. The van der Waals surface area contributed by atoms with Crippen molar-refractivity contribution >= 4 is 29.2 Å². The summed E-state index contributed by atoms with van der Waals surface area (Å²) in [6.45, 7) is 3.83. The van der Waals surface area contributed by atoms with Crippen molar-refractivity contribution in [2.45, 2.75) is 18.7 Å². The van der Waals surface area contributed by atoms with Gasteiger partial charge < -0.3 is 5.32 Å². The smallest absolute Gasteiger partial charge is 0.269 e. The summed E-state index contributed by atoms with van der Waals surface area (Å²) in [5, 5.41) is 18.0. The van der Waals surface area contributed by atoms with Gasteiger partial charge in [0.2, 0.25) is 5.91 Å². The van der Waals surface area contributed by atoms with Gasteiger partial charge in [-0.3, -0.25) is 14.9 Å². The van der Waals surface area contributed by atoms with E-state index in [9.17, 15) is 14.9 Å². The lowest BCUT2D eigenvalue weighted by atomic mass is 10.2. The van der Waals surface area contributed by atoms with Gasteiger partial charge in [0.1, 0.15) is 5.82 Å². The fourth-order valence-electron chi connectivity index (χ4n) is 2.54. The van der Waals surface area contributed by atoms with Crippen LogP contribution in [0.15, 0.2) is 59.5 Å². The van der Waals surface area contributed by atoms with E-state index in [1.807, 2.05) is 38.1 Å². The highest BCUT2D eigenvalue weighted by atomic mass is 32.2. The quantitative estimate of drug-likeness (QED) is 0.393. The molecule has 0 aliphatic heterocycles. The molecule has 0 aliphatic carbocycles. The Kier molecular flexibility index (Phi) is 5.56. The molecule has 0 spiro atoms. The van der Waals surface area contributed by atoms with Gasteiger partial charge in [-0.15, -0.1) is 11.8 Å². The molecule has 0 atom stereocenters. The number of nitro benzene ring substituents is 1. The van der Waals surface area contributed by atoms with Gasteiger partial charge in [-0.05, 0) is 37.6 Å². The SMILES string of the molecule is Cc1cc(NC(=O)CSc2ccccc2C)n(-c2ccc([N+](=O)[O-])cc2)n1. The van der Waals surface area contributed by atoms with E-state index in [2.05, 4.69) is 10.4 Å². The second kappa shape index (κ2) is 8.05. The van der Waals surface area contributed by atoms with E-state index in [1.165, 1.54) is 23.9 Å². The molecule has 0 radical (unpaired) electrons. The maximum Gasteiger partial charge on any atom is 0.269 e. The Morgan fingerprint density at radius 3 is 2.56 bits per heavy atom. The third kappa shape index (κ3) is 4.53. The summed E-state index contributed by atoms with van der Waals surface area (Å²) >= 11 is 1.47. The first-order valence-corrected chi connectivity index (χ1v) is 9.22. The number of aromatic nitrogens is 2. The molecule has 7 nitrogen and oxygen atoms in total. The normalized spacial score (nSPS) is 10.6. The molecule has 0 aliphatic rings. The summed E-state index contributed by atoms with van der Waals surface area (Å²) < 4.78 is 1.56. The van der Waals surface area contributed by atoms with Crippen LogP contribution in [0.5, 0.6) is 0 Å². The minimum Gasteiger partial charge on any atom is -0.310 e. The molecule has 0 saturated heterocycles. The second-order valence-corrected chi connectivity index (χ2v) is 6.98. The molecule has 0 bridgehead atoms. The van der Waals surface area contributed by atoms with E-state index in [1.54, 1.807) is 22.9 Å². The average molecular weight is 382 g/mol. The Bertz CT molecular complexity index is 983. The van der Waals surface area contributed by atoms with Gasteiger partial charge in [0.25, 0.3) is 5.69 Å². The van der Waals surface area contributed by atoms with E-state index in [0.717, 1.165) is 16.2 Å². The van der Waals surface area contributed by atoms with E-state index in [4.69, 9.17) is 0 Å². The number of amides is 1. The van der Waals surface area contributed by atoms with Gasteiger partial charge in [-0.2, -0.15) is 5.10 Å². The number of anilines is 1. The summed E-state index contributed by atoms with van der Waals surface area (Å²) in [4.78, 5) is 23.8. The Labute approximate surface area is 160 Å². The number of hydrogen-bond donors (Lipinski definition) is 1. The lowest BCUT2D eigenvalue weighted by Crippen LogP contribution is -2.17. The number of nitrogens with one attached hydrogen (secondary N) is 1. The largest absolute Gasteiger partial charge is 0.310 e. The first-order valence-electron chi connectivity index (χ1n) is 8.24. The van der Waals surface area contributed by atoms with Gasteiger partial charge in [0.05, 0.1) is 22.1 Å². The summed E-state index contributed by atoms with van der Waals surface area (Å²) in [5.74, 6) is 0.651. The zero-order chi connectivity index (χ0) is 19.4. The van der Waals surface area contributed by atoms with Crippen LogP contribution in [0, 0.1) is 24.0 Å². The number of rotatable bonds is 6. The molecule has 3 rings (SSSR count). The lowest BCUT2D eigenvalue weighted by Gasteiger charge is -2.09. The fraction of sp³-hybridized carbons (Fsp3) is 0.158. The topological polar surface area (TPSA) is 90.1 Å². The van der Waals surface area contributed by atoms with Crippen molar-refractivity contribution in [3.05, 3.63) is 76.0 Å². The molecule has 1 N–H and O–H groups in total. The van der Waals surface area contributed by atoms with Crippen LogP contribution in [0.2, 0.25) is 0 Å². The Morgan fingerprint density at radius 2 is 1.89 bits per heavy atom. The summed E-state index contributed by atoms with van der Waals surface area (Å²) in [6.07, 6.45) is 0. The molecule has 27 heavy (non-hydrogen) atoms. The molecule has 1 heterocycles. The molecule has 0 unspecified atom stereocenters. The number of thioether (sulfide) groups is 1. The molecule has 138 valence electrons. The van der Waals surface area contributed by atoms with Crippen molar-refractivity contribution in [1.82, 2.24) is 9.78 Å². The van der Waals surface area contributed by atoms with Gasteiger partial charge >= 0.3 is 0 Å². The Balaban J connectivity index is 1.73. The Hall–Kier alpha value is -3.13. The number of carbonyl (C=O) groups excluding carboxylic acids is 1. The van der Waals surface area contributed by atoms with Crippen LogP contribution >= 0.6 is 11.8 Å². The van der Waals surface area contributed by atoms with E-state index in [-0.39, 0.29) is 17.3 Å². The van der Waals surface area contributed by atoms with Crippen LogP contribution in [-0.2, 0) is 4.79 Å².